The minimum absolute atomic E-state index is 0.402. The Morgan fingerprint density at radius 2 is 1.80 bits per heavy atom. The Balaban J connectivity index is 1.71. The zero-order valence-electron chi connectivity index (χ0n) is 11.1. The van der Waals surface area contributed by atoms with Gasteiger partial charge in [-0.2, -0.15) is 0 Å². The molecule has 0 aliphatic heterocycles. The highest BCUT2D eigenvalue weighted by Gasteiger charge is 1.99. The molecule has 0 saturated carbocycles. The molecule has 0 amide bonds. The van der Waals surface area contributed by atoms with Gasteiger partial charge in [0.05, 0.1) is 13.2 Å². The first-order chi connectivity index (χ1) is 9.75. The SMILES string of the molecule is NC(=S)c1cccc(COCCOc2ccccc2)c1. The lowest BCUT2D eigenvalue weighted by molar-refractivity contribution is 0.0889. The van der Waals surface area contributed by atoms with Gasteiger partial charge in [-0.1, -0.05) is 48.6 Å². The first-order valence-electron chi connectivity index (χ1n) is 6.40. The molecular formula is C16H17NO2S. The summed E-state index contributed by atoms with van der Waals surface area (Å²) in [6.07, 6.45) is 0. The summed E-state index contributed by atoms with van der Waals surface area (Å²) in [4.78, 5) is 0.402. The van der Waals surface area contributed by atoms with E-state index in [9.17, 15) is 0 Å². The summed E-state index contributed by atoms with van der Waals surface area (Å²) in [7, 11) is 0. The van der Waals surface area contributed by atoms with Crippen molar-refractivity contribution in [2.24, 2.45) is 5.73 Å². The molecule has 0 aliphatic rings. The van der Waals surface area contributed by atoms with E-state index in [2.05, 4.69) is 0 Å². The van der Waals surface area contributed by atoms with Crippen LogP contribution in [0.4, 0.5) is 0 Å². The Morgan fingerprint density at radius 3 is 2.55 bits per heavy atom. The molecule has 0 saturated heterocycles. The van der Waals surface area contributed by atoms with Crippen molar-refractivity contribution in [3.05, 3.63) is 65.7 Å². The van der Waals surface area contributed by atoms with Gasteiger partial charge >= 0.3 is 0 Å². The second-order valence-corrected chi connectivity index (χ2v) is 4.72. The Morgan fingerprint density at radius 1 is 1.00 bits per heavy atom. The van der Waals surface area contributed by atoms with E-state index in [4.69, 9.17) is 27.4 Å². The quantitative estimate of drug-likeness (QED) is 0.628. The maximum absolute atomic E-state index is 5.59. The van der Waals surface area contributed by atoms with Crippen LogP contribution in [0.15, 0.2) is 54.6 Å². The second kappa shape index (κ2) is 7.62. The third-order valence-corrected chi connectivity index (χ3v) is 2.96. The van der Waals surface area contributed by atoms with Gasteiger partial charge in [0.25, 0.3) is 0 Å². The van der Waals surface area contributed by atoms with Crippen molar-refractivity contribution in [1.82, 2.24) is 0 Å². The lowest BCUT2D eigenvalue weighted by Gasteiger charge is -2.08. The van der Waals surface area contributed by atoms with Crippen LogP contribution in [0, 0.1) is 0 Å². The Kier molecular flexibility index (Phi) is 5.53. The molecule has 0 heterocycles. The van der Waals surface area contributed by atoms with Crippen LogP contribution in [0.5, 0.6) is 5.75 Å². The summed E-state index contributed by atoms with van der Waals surface area (Å²) >= 11 is 4.95. The van der Waals surface area contributed by atoms with Crippen molar-refractivity contribution in [3.63, 3.8) is 0 Å². The zero-order valence-corrected chi connectivity index (χ0v) is 11.9. The fourth-order valence-corrected chi connectivity index (χ4v) is 1.87. The average Bonchev–Trinajstić information content (AvgIpc) is 2.48. The fraction of sp³-hybridized carbons (Fsp3) is 0.188. The number of ether oxygens (including phenoxy) is 2. The number of rotatable bonds is 7. The molecule has 104 valence electrons. The minimum Gasteiger partial charge on any atom is -0.491 e. The molecule has 0 aliphatic carbocycles. The van der Waals surface area contributed by atoms with E-state index in [0.717, 1.165) is 16.9 Å². The van der Waals surface area contributed by atoms with Gasteiger partial charge in [-0.15, -0.1) is 0 Å². The smallest absolute Gasteiger partial charge is 0.119 e. The van der Waals surface area contributed by atoms with E-state index >= 15 is 0 Å². The van der Waals surface area contributed by atoms with Crippen molar-refractivity contribution in [2.75, 3.05) is 13.2 Å². The molecule has 4 heteroatoms. The monoisotopic (exact) mass is 287 g/mol. The zero-order chi connectivity index (χ0) is 14.2. The number of nitrogens with two attached hydrogens (primary N) is 1. The third kappa shape index (κ3) is 4.64. The average molecular weight is 287 g/mol. The summed E-state index contributed by atoms with van der Waals surface area (Å²) in [6.45, 7) is 1.58. The van der Waals surface area contributed by atoms with Gasteiger partial charge in [-0.05, 0) is 23.8 Å². The van der Waals surface area contributed by atoms with E-state index in [-0.39, 0.29) is 0 Å². The lowest BCUT2D eigenvalue weighted by Crippen LogP contribution is -2.10. The van der Waals surface area contributed by atoms with Crippen molar-refractivity contribution in [3.8, 4) is 5.75 Å². The van der Waals surface area contributed by atoms with E-state index in [1.165, 1.54) is 0 Å². The highest BCUT2D eigenvalue weighted by atomic mass is 32.1. The van der Waals surface area contributed by atoms with Crippen molar-refractivity contribution in [2.45, 2.75) is 6.61 Å². The summed E-state index contributed by atoms with van der Waals surface area (Å²) in [5, 5.41) is 0. The number of para-hydroxylation sites is 1. The molecule has 3 nitrogen and oxygen atoms in total. The Hall–Kier alpha value is -1.91. The van der Waals surface area contributed by atoms with Crippen LogP contribution >= 0.6 is 12.2 Å². The summed E-state index contributed by atoms with van der Waals surface area (Å²) in [5.41, 5.74) is 7.51. The highest BCUT2D eigenvalue weighted by molar-refractivity contribution is 7.80. The predicted molar refractivity (Wildman–Crippen MR) is 83.9 cm³/mol. The van der Waals surface area contributed by atoms with Crippen molar-refractivity contribution >= 4 is 17.2 Å². The van der Waals surface area contributed by atoms with Gasteiger partial charge in [0.1, 0.15) is 17.3 Å². The molecule has 2 aromatic rings. The normalized spacial score (nSPS) is 10.2. The van der Waals surface area contributed by atoms with E-state index in [0.29, 0.717) is 24.8 Å². The van der Waals surface area contributed by atoms with Gasteiger partial charge in [0.2, 0.25) is 0 Å². The van der Waals surface area contributed by atoms with Gasteiger partial charge in [0.15, 0.2) is 0 Å². The van der Waals surface area contributed by atoms with E-state index < -0.39 is 0 Å². The predicted octanol–water partition coefficient (Wildman–Crippen LogP) is 2.92. The third-order valence-electron chi connectivity index (χ3n) is 2.72. The lowest BCUT2D eigenvalue weighted by atomic mass is 10.1. The van der Waals surface area contributed by atoms with Crippen LogP contribution < -0.4 is 10.5 Å². The molecule has 2 aromatic carbocycles. The molecule has 0 atom stereocenters. The first-order valence-corrected chi connectivity index (χ1v) is 6.81. The van der Waals surface area contributed by atoms with Crippen LogP contribution in [0.3, 0.4) is 0 Å². The summed E-state index contributed by atoms with van der Waals surface area (Å²) < 4.78 is 11.1. The Labute approximate surface area is 124 Å². The van der Waals surface area contributed by atoms with Crippen LogP contribution in [0.1, 0.15) is 11.1 Å². The van der Waals surface area contributed by atoms with Crippen LogP contribution in [0.2, 0.25) is 0 Å². The molecule has 0 fully saturated rings. The molecule has 2 N–H and O–H groups in total. The molecule has 0 radical (unpaired) electrons. The van der Waals surface area contributed by atoms with Crippen molar-refractivity contribution in [1.29, 1.82) is 0 Å². The maximum atomic E-state index is 5.59. The topological polar surface area (TPSA) is 44.5 Å². The van der Waals surface area contributed by atoms with Gasteiger partial charge in [-0.25, -0.2) is 0 Å². The van der Waals surface area contributed by atoms with Crippen LogP contribution in [-0.4, -0.2) is 18.2 Å². The molecule has 2 rings (SSSR count). The molecule has 20 heavy (non-hydrogen) atoms. The maximum Gasteiger partial charge on any atom is 0.119 e. The van der Waals surface area contributed by atoms with Gasteiger partial charge in [0, 0.05) is 5.56 Å². The molecule has 0 aromatic heterocycles. The molecule has 0 spiro atoms. The minimum atomic E-state index is 0.402. The number of thiocarbonyl (C=S) groups is 1. The standard InChI is InChI=1S/C16H17NO2S/c17-16(20)14-6-4-5-13(11-14)12-18-9-10-19-15-7-2-1-3-8-15/h1-8,11H,9-10,12H2,(H2,17,20). The number of hydrogen-bond donors (Lipinski definition) is 1. The van der Waals surface area contributed by atoms with Crippen molar-refractivity contribution < 1.29 is 9.47 Å². The van der Waals surface area contributed by atoms with Gasteiger partial charge in [-0.3, -0.25) is 0 Å². The van der Waals surface area contributed by atoms with Gasteiger partial charge < -0.3 is 15.2 Å². The second-order valence-electron chi connectivity index (χ2n) is 4.28. The van der Waals surface area contributed by atoms with Crippen LogP contribution in [-0.2, 0) is 11.3 Å². The summed E-state index contributed by atoms with van der Waals surface area (Å²) in [6, 6.07) is 17.4. The molecule has 0 bridgehead atoms. The van der Waals surface area contributed by atoms with E-state index in [1.807, 2.05) is 54.6 Å². The highest BCUT2D eigenvalue weighted by Crippen LogP contribution is 2.09. The molecule has 0 unspecified atom stereocenters. The molecular weight excluding hydrogens is 270 g/mol. The van der Waals surface area contributed by atoms with E-state index in [1.54, 1.807) is 0 Å². The largest absolute Gasteiger partial charge is 0.491 e. The number of hydrogen-bond acceptors (Lipinski definition) is 3. The first kappa shape index (κ1) is 14.5. The summed E-state index contributed by atoms with van der Waals surface area (Å²) in [5.74, 6) is 0.853. The fourth-order valence-electron chi connectivity index (χ4n) is 1.74. The number of benzene rings is 2. The van der Waals surface area contributed by atoms with Crippen LogP contribution in [0.25, 0.3) is 0 Å². The Bertz CT molecular complexity index is 557.